The van der Waals surface area contributed by atoms with Crippen molar-refractivity contribution in [1.82, 2.24) is 15.0 Å². The highest BCUT2D eigenvalue weighted by Gasteiger charge is 2.17. The molecule has 0 saturated heterocycles. The number of hydrogen-bond donors (Lipinski definition) is 0. The Kier molecular flexibility index (Phi) is 8.83. The zero-order valence-electron chi connectivity index (χ0n) is 32.7. The minimum atomic E-state index is 0.690. The van der Waals surface area contributed by atoms with E-state index in [1.165, 1.54) is 27.3 Å². The number of benzene rings is 9. The smallest absolute Gasteiger partial charge is 0.160 e. The molecule has 2 aromatic heterocycles. The molecule has 280 valence electrons. The van der Waals surface area contributed by atoms with E-state index in [0.29, 0.717) is 5.82 Å². The summed E-state index contributed by atoms with van der Waals surface area (Å²) in [5.41, 5.74) is 14.7. The second-order valence-electron chi connectivity index (χ2n) is 15.2. The normalized spacial score (nSPS) is 11.3. The molecule has 11 aromatic rings. The summed E-state index contributed by atoms with van der Waals surface area (Å²) in [6, 6.07) is 79.2. The Balaban J connectivity index is 1.04. The van der Waals surface area contributed by atoms with Gasteiger partial charge in [-0.2, -0.15) is 0 Å². The van der Waals surface area contributed by atoms with Gasteiger partial charge in [0.15, 0.2) is 5.82 Å². The van der Waals surface area contributed by atoms with Gasteiger partial charge in [-0.15, -0.1) is 0 Å². The molecule has 3 nitrogen and oxygen atoms in total. The van der Waals surface area contributed by atoms with Gasteiger partial charge < -0.3 is 0 Å². The lowest BCUT2D eigenvalue weighted by molar-refractivity contribution is 1.18. The Hall–Kier alpha value is -8.01. The Labute approximate surface area is 349 Å². The van der Waals surface area contributed by atoms with Crippen LogP contribution in [0.1, 0.15) is 0 Å². The number of aromatic nitrogens is 3. The second kappa shape index (κ2) is 15.1. The molecule has 60 heavy (non-hydrogen) atoms. The van der Waals surface area contributed by atoms with E-state index in [1.807, 2.05) is 12.1 Å². The molecule has 0 radical (unpaired) electrons. The monoisotopic (exact) mass is 763 g/mol. The van der Waals surface area contributed by atoms with Crippen LogP contribution in [0.5, 0.6) is 0 Å². The van der Waals surface area contributed by atoms with E-state index < -0.39 is 0 Å². The molecule has 0 aliphatic rings. The summed E-state index contributed by atoms with van der Waals surface area (Å²) in [6.45, 7) is 0. The molecular weight excluding hydrogens is 727 g/mol. The number of nitrogens with zero attached hydrogens (tertiary/aromatic N) is 3. The number of para-hydroxylation sites is 1. The first-order chi connectivity index (χ1) is 29.7. The molecule has 0 bridgehead atoms. The summed E-state index contributed by atoms with van der Waals surface area (Å²) in [5, 5.41) is 5.93. The van der Waals surface area contributed by atoms with E-state index in [0.717, 1.165) is 77.9 Å². The van der Waals surface area contributed by atoms with Crippen molar-refractivity contribution in [3.8, 4) is 78.5 Å². The van der Waals surface area contributed by atoms with E-state index in [1.54, 1.807) is 0 Å². The average Bonchev–Trinajstić information content (AvgIpc) is 3.34. The van der Waals surface area contributed by atoms with Crippen molar-refractivity contribution in [3.63, 3.8) is 0 Å². The van der Waals surface area contributed by atoms with Crippen molar-refractivity contribution in [3.05, 3.63) is 224 Å². The van der Waals surface area contributed by atoms with Crippen LogP contribution >= 0.6 is 0 Å². The van der Waals surface area contributed by atoms with Crippen LogP contribution in [-0.4, -0.2) is 15.0 Å². The van der Waals surface area contributed by atoms with Crippen LogP contribution in [0.15, 0.2) is 224 Å². The minimum absolute atomic E-state index is 0.690. The third-order valence-electron chi connectivity index (χ3n) is 11.5. The number of rotatable bonds is 7. The molecule has 11 rings (SSSR count). The molecule has 0 amide bonds. The van der Waals surface area contributed by atoms with Gasteiger partial charge in [-0.25, -0.2) is 15.0 Å². The second-order valence-corrected chi connectivity index (χ2v) is 15.2. The van der Waals surface area contributed by atoms with Crippen LogP contribution in [0.3, 0.4) is 0 Å². The molecular formula is C57H37N3. The van der Waals surface area contributed by atoms with Crippen molar-refractivity contribution in [2.45, 2.75) is 0 Å². The highest BCUT2D eigenvalue weighted by atomic mass is 14.9. The van der Waals surface area contributed by atoms with Crippen LogP contribution in [0, 0.1) is 0 Å². The van der Waals surface area contributed by atoms with Crippen molar-refractivity contribution >= 4 is 32.4 Å². The Bertz CT molecular complexity index is 3320. The van der Waals surface area contributed by atoms with Crippen LogP contribution < -0.4 is 0 Å². The highest BCUT2D eigenvalue weighted by Crippen LogP contribution is 2.41. The summed E-state index contributed by atoms with van der Waals surface area (Å²) >= 11 is 0. The van der Waals surface area contributed by atoms with E-state index in [4.69, 9.17) is 15.0 Å². The van der Waals surface area contributed by atoms with Gasteiger partial charge in [-0.05, 0) is 50.7 Å². The van der Waals surface area contributed by atoms with Crippen molar-refractivity contribution in [2.24, 2.45) is 0 Å². The van der Waals surface area contributed by atoms with Gasteiger partial charge >= 0.3 is 0 Å². The lowest BCUT2D eigenvalue weighted by Crippen LogP contribution is -1.96. The van der Waals surface area contributed by atoms with E-state index in [2.05, 4.69) is 212 Å². The molecule has 9 aromatic carbocycles. The first kappa shape index (κ1) is 35.2. The molecule has 0 aliphatic carbocycles. The summed E-state index contributed by atoms with van der Waals surface area (Å²) in [4.78, 5) is 15.8. The van der Waals surface area contributed by atoms with E-state index in [9.17, 15) is 0 Å². The molecule has 0 fully saturated rings. The standard InChI is InChI=1S/C57H37N3/c1-4-14-38(15-5-1)40-26-32-45(33-27-40)55-51-35-34-41-18-10-11-23-48(41)54(51)50-25-13-24-49(56(50)60-55)42-28-30-44(31-29-42)53-37-52(43-19-8-3-9-20-43)58-57(59-53)47-22-12-21-46(36-47)39-16-6-2-7-17-39/h1-37H. The molecule has 0 unspecified atom stereocenters. The molecule has 2 heterocycles. The lowest BCUT2D eigenvalue weighted by atomic mass is 9.92. The molecule has 0 aliphatic heterocycles. The zero-order valence-corrected chi connectivity index (χ0v) is 32.7. The fraction of sp³-hybridized carbons (Fsp3) is 0. The molecule has 0 atom stereocenters. The molecule has 0 saturated carbocycles. The van der Waals surface area contributed by atoms with Gasteiger partial charge in [-0.3, -0.25) is 0 Å². The van der Waals surface area contributed by atoms with Gasteiger partial charge in [0.1, 0.15) is 0 Å². The topological polar surface area (TPSA) is 38.7 Å². The predicted molar refractivity (Wildman–Crippen MR) is 250 cm³/mol. The summed E-state index contributed by atoms with van der Waals surface area (Å²) in [5.74, 6) is 0.690. The maximum atomic E-state index is 5.54. The first-order valence-electron chi connectivity index (χ1n) is 20.3. The third kappa shape index (κ3) is 6.49. The van der Waals surface area contributed by atoms with Crippen molar-refractivity contribution in [2.75, 3.05) is 0 Å². The van der Waals surface area contributed by atoms with Gasteiger partial charge in [0.2, 0.25) is 0 Å². The largest absolute Gasteiger partial charge is 0.246 e. The summed E-state index contributed by atoms with van der Waals surface area (Å²) in [6.07, 6.45) is 0. The third-order valence-corrected chi connectivity index (χ3v) is 11.5. The molecule has 3 heteroatoms. The highest BCUT2D eigenvalue weighted by molar-refractivity contribution is 6.24. The Morgan fingerprint density at radius 3 is 1.48 bits per heavy atom. The van der Waals surface area contributed by atoms with Crippen LogP contribution in [0.4, 0.5) is 0 Å². The minimum Gasteiger partial charge on any atom is -0.246 e. The Morgan fingerprint density at radius 1 is 0.267 bits per heavy atom. The number of hydrogen-bond acceptors (Lipinski definition) is 3. The average molecular weight is 764 g/mol. The maximum absolute atomic E-state index is 5.54. The van der Waals surface area contributed by atoms with Gasteiger partial charge in [0, 0.05) is 44.0 Å². The first-order valence-corrected chi connectivity index (χ1v) is 20.3. The van der Waals surface area contributed by atoms with Gasteiger partial charge in [0.25, 0.3) is 0 Å². The fourth-order valence-corrected chi connectivity index (χ4v) is 8.47. The predicted octanol–water partition coefficient (Wildman–Crippen LogP) is 15.0. The Morgan fingerprint density at radius 2 is 0.767 bits per heavy atom. The number of pyridine rings is 1. The van der Waals surface area contributed by atoms with Gasteiger partial charge in [-0.1, -0.05) is 212 Å². The SMILES string of the molecule is c1ccc(-c2ccc(-c3nc4c(-c5ccc(-c6cc(-c7ccccc7)nc(-c7cccc(-c8ccccc8)c7)n6)cc5)cccc4c4c3ccc3ccccc34)cc2)cc1. The molecule has 0 N–H and O–H groups in total. The lowest BCUT2D eigenvalue weighted by Gasteiger charge is -2.16. The quantitative estimate of drug-likeness (QED) is 0.152. The number of fused-ring (bicyclic) bond motifs is 5. The maximum Gasteiger partial charge on any atom is 0.160 e. The summed E-state index contributed by atoms with van der Waals surface area (Å²) in [7, 11) is 0. The zero-order chi connectivity index (χ0) is 39.8. The summed E-state index contributed by atoms with van der Waals surface area (Å²) < 4.78 is 0. The van der Waals surface area contributed by atoms with Crippen molar-refractivity contribution < 1.29 is 0 Å². The van der Waals surface area contributed by atoms with E-state index in [-0.39, 0.29) is 0 Å². The van der Waals surface area contributed by atoms with E-state index >= 15 is 0 Å². The van der Waals surface area contributed by atoms with Crippen LogP contribution in [0.25, 0.3) is 111 Å². The van der Waals surface area contributed by atoms with Crippen molar-refractivity contribution in [1.29, 1.82) is 0 Å². The van der Waals surface area contributed by atoms with Crippen LogP contribution in [-0.2, 0) is 0 Å². The van der Waals surface area contributed by atoms with Gasteiger partial charge in [0.05, 0.1) is 22.6 Å². The molecule has 0 spiro atoms. The van der Waals surface area contributed by atoms with Crippen LogP contribution in [0.2, 0.25) is 0 Å². The fourth-order valence-electron chi connectivity index (χ4n) is 8.47.